The van der Waals surface area contributed by atoms with Crippen LogP contribution in [0, 0.1) is 5.82 Å². The van der Waals surface area contributed by atoms with Crippen LogP contribution in [0.15, 0.2) is 48.9 Å². The highest BCUT2D eigenvalue weighted by atomic mass is 19.4. The molecule has 0 saturated heterocycles. The molecule has 0 atom stereocenters. The molecule has 11 heteroatoms. The molecular formula is C21H16F4N6O. The predicted octanol–water partition coefficient (Wildman–Crippen LogP) is 4.26. The number of benzene rings is 1. The van der Waals surface area contributed by atoms with Crippen LogP contribution in [0.1, 0.15) is 46.1 Å². The number of rotatable bonds is 5. The van der Waals surface area contributed by atoms with Gasteiger partial charge in [-0.2, -0.15) is 23.4 Å². The van der Waals surface area contributed by atoms with Gasteiger partial charge in [-0.1, -0.05) is 18.2 Å². The largest absolute Gasteiger partial charge is 0.433 e. The molecule has 1 saturated carbocycles. The van der Waals surface area contributed by atoms with Crippen molar-refractivity contribution in [2.24, 2.45) is 0 Å². The summed E-state index contributed by atoms with van der Waals surface area (Å²) in [5.41, 5.74) is -0.177. The van der Waals surface area contributed by atoms with Gasteiger partial charge >= 0.3 is 6.18 Å². The molecule has 1 aliphatic rings. The van der Waals surface area contributed by atoms with Gasteiger partial charge in [-0.3, -0.25) is 9.48 Å². The van der Waals surface area contributed by atoms with Crippen LogP contribution in [0.25, 0.3) is 5.65 Å². The molecule has 164 valence electrons. The number of alkyl halides is 3. The Morgan fingerprint density at radius 3 is 2.66 bits per heavy atom. The van der Waals surface area contributed by atoms with Crippen LogP contribution < -0.4 is 5.32 Å². The van der Waals surface area contributed by atoms with Gasteiger partial charge in [-0.15, -0.1) is 0 Å². The minimum absolute atomic E-state index is 0.0384. The highest BCUT2D eigenvalue weighted by Gasteiger charge is 2.38. The zero-order valence-corrected chi connectivity index (χ0v) is 16.5. The summed E-state index contributed by atoms with van der Waals surface area (Å²) in [7, 11) is 0. The van der Waals surface area contributed by atoms with Gasteiger partial charge in [0, 0.05) is 23.4 Å². The van der Waals surface area contributed by atoms with E-state index in [0.29, 0.717) is 21.5 Å². The molecule has 3 heterocycles. The fraction of sp³-hybridized carbons (Fsp3) is 0.238. The molecular weight excluding hydrogens is 428 g/mol. The standard InChI is InChI=1S/C21H16F4N6O/c22-16-4-2-1-3-13(16)10-30-11-14(8-26-30)28-20(32)15-9-27-31-18(21(23,24)25)7-17(12-5-6-12)29-19(15)31/h1-4,7-9,11-12H,5-6,10H2,(H,28,32). The highest BCUT2D eigenvalue weighted by Crippen LogP contribution is 2.41. The van der Waals surface area contributed by atoms with E-state index in [-0.39, 0.29) is 29.5 Å². The topological polar surface area (TPSA) is 77.1 Å². The number of amides is 1. The van der Waals surface area contributed by atoms with Crippen LogP contribution in [0.5, 0.6) is 0 Å². The number of hydrogen-bond acceptors (Lipinski definition) is 4. The number of anilines is 1. The third-order valence-corrected chi connectivity index (χ3v) is 5.20. The second-order valence-corrected chi connectivity index (χ2v) is 7.60. The highest BCUT2D eigenvalue weighted by molar-refractivity contribution is 6.08. The van der Waals surface area contributed by atoms with Crippen molar-refractivity contribution >= 4 is 17.2 Å². The third-order valence-electron chi connectivity index (χ3n) is 5.20. The molecule has 0 bridgehead atoms. The molecule has 0 unspecified atom stereocenters. The zero-order chi connectivity index (χ0) is 22.5. The lowest BCUT2D eigenvalue weighted by Gasteiger charge is -2.11. The predicted molar refractivity (Wildman–Crippen MR) is 106 cm³/mol. The van der Waals surface area contributed by atoms with E-state index in [1.807, 2.05) is 0 Å². The number of halogens is 4. The number of carbonyl (C=O) groups is 1. The van der Waals surface area contributed by atoms with Crippen LogP contribution in [0.4, 0.5) is 23.2 Å². The summed E-state index contributed by atoms with van der Waals surface area (Å²) in [6.45, 7) is 0.153. The van der Waals surface area contributed by atoms with Crippen molar-refractivity contribution in [1.82, 2.24) is 24.4 Å². The SMILES string of the molecule is O=C(Nc1cnn(Cc2ccccc2F)c1)c1cnn2c(C(F)(F)F)cc(C3CC3)nc12. The van der Waals surface area contributed by atoms with Gasteiger partial charge < -0.3 is 5.32 Å². The monoisotopic (exact) mass is 444 g/mol. The normalized spacial score (nSPS) is 14.1. The molecule has 32 heavy (non-hydrogen) atoms. The quantitative estimate of drug-likeness (QED) is 0.467. The van der Waals surface area contributed by atoms with Crippen molar-refractivity contribution in [2.45, 2.75) is 31.5 Å². The third kappa shape index (κ3) is 3.81. The Hall–Kier alpha value is -3.76. The average molecular weight is 444 g/mol. The van der Waals surface area contributed by atoms with E-state index >= 15 is 0 Å². The smallest absolute Gasteiger partial charge is 0.319 e. The van der Waals surface area contributed by atoms with E-state index in [9.17, 15) is 22.4 Å². The van der Waals surface area contributed by atoms with Gasteiger partial charge in [-0.05, 0) is 25.0 Å². The van der Waals surface area contributed by atoms with Crippen LogP contribution in [-0.4, -0.2) is 30.3 Å². The van der Waals surface area contributed by atoms with Crippen molar-refractivity contribution < 1.29 is 22.4 Å². The lowest BCUT2D eigenvalue weighted by molar-refractivity contribution is -0.142. The van der Waals surface area contributed by atoms with Crippen molar-refractivity contribution in [3.63, 3.8) is 0 Å². The van der Waals surface area contributed by atoms with E-state index in [1.54, 1.807) is 18.2 Å². The van der Waals surface area contributed by atoms with E-state index in [4.69, 9.17) is 0 Å². The van der Waals surface area contributed by atoms with Crippen molar-refractivity contribution in [1.29, 1.82) is 0 Å². The Balaban J connectivity index is 1.42. The summed E-state index contributed by atoms with van der Waals surface area (Å²) in [6, 6.07) is 7.23. The summed E-state index contributed by atoms with van der Waals surface area (Å²) in [5, 5.41) is 10.4. The van der Waals surface area contributed by atoms with Gasteiger partial charge in [0.1, 0.15) is 17.1 Å². The average Bonchev–Trinajstić information content (AvgIpc) is 3.36. The molecule has 1 amide bonds. The Morgan fingerprint density at radius 2 is 1.94 bits per heavy atom. The summed E-state index contributed by atoms with van der Waals surface area (Å²) < 4.78 is 56.5. The van der Waals surface area contributed by atoms with E-state index in [0.717, 1.165) is 25.1 Å². The minimum Gasteiger partial charge on any atom is -0.319 e. The fourth-order valence-electron chi connectivity index (χ4n) is 3.45. The minimum atomic E-state index is -4.64. The Kier molecular flexibility index (Phi) is 4.68. The van der Waals surface area contributed by atoms with Gasteiger partial charge in [0.05, 0.1) is 24.6 Å². The first-order chi connectivity index (χ1) is 15.3. The van der Waals surface area contributed by atoms with Crippen LogP contribution in [0.3, 0.4) is 0 Å². The Labute approximate surface area is 178 Å². The van der Waals surface area contributed by atoms with Crippen LogP contribution in [-0.2, 0) is 12.7 Å². The molecule has 1 aromatic carbocycles. The maximum atomic E-state index is 13.8. The Morgan fingerprint density at radius 1 is 1.16 bits per heavy atom. The van der Waals surface area contributed by atoms with Gasteiger partial charge in [0.25, 0.3) is 5.91 Å². The molecule has 0 radical (unpaired) electrons. The molecule has 3 aromatic heterocycles. The summed E-state index contributed by atoms with van der Waals surface area (Å²) in [5.74, 6) is -1.08. The van der Waals surface area contributed by atoms with E-state index < -0.39 is 17.8 Å². The second kappa shape index (κ2) is 7.43. The number of nitrogens with zero attached hydrogens (tertiary/aromatic N) is 5. The van der Waals surface area contributed by atoms with Gasteiger partial charge in [-0.25, -0.2) is 13.9 Å². The van der Waals surface area contributed by atoms with Gasteiger partial charge in [0.15, 0.2) is 5.65 Å². The molecule has 1 N–H and O–H groups in total. The van der Waals surface area contributed by atoms with Gasteiger partial charge in [0.2, 0.25) is 0 Å². The first-order valence-electron chi connectivity index (χ1n) is 9.82. The lowest BCUT2D eigenvalue weighted by Crippen LogP contribution is -2.16. The summed E-state index contributed by atoms with van der Waals surface area (Å²) in [6.07, 6.45) is 0.815. The summed E-state index contributed by atoms with van der Waals surface area (Å²) in [4.78, 5) is 17.1. The van der Waals surface area contributed by atoms with Crippen molar-refractivity contribution in [2.75, 3.05) is 5.32 Å². The molecule has 0 spiro atoms. The number of nitrogens with one attached hydrogen (secondary N) is 1. The molecule has 0 aliphatic heterocycles. The van der Waals surface area contributed by atoms with E-state index in [1.165, 1.54) is 23.1 Å². The lowest BCUT2D eigenvalue weighted by atomic mass is 10.2. The van der Waals surface area contributed by atoms with E-state index in [2.05, 4.69) is 20.5 Å². The number of aromatic nitrogens is 5. The Bertz CT molecular complexity index is 1320. The molecule has 4 aromatic rings. The summed E-state index contributed by atoms with van der Waals surface area (Å²) >= 11 is 0. The van der Waals surface area contributed by atoms with Crippen molar-refractivity contribution in [3.05, 3.63) is 77.3 Å². The first-order valence-corrected chi connectivity index (χ1v) is 9.82. The number of carbonyl (C=O) groups excluding carboxylic acids is 1. The van der Waals surface area contributed by atoms with Crippen LogP contribution in [0.2, 0.25) is 0 Å². The maximum Gasteiger partial charge on any atom is 0.433 e. The second-order valence-electron chi connectivity index (χ2n) is 7.60. The number of hydrogen-bond donors (Lipinski definition) is 1. The molecule has 1 fully saturated rings. The molecule has 7 nitrogen and oxygen atoms in total. The molecule has 1 aliphatic carbocycles. The fourth-order valence-corrected chi connectivity index (χ4v) is 3.45. The first kappa shape index (κ1) is 20.2. The number of fused-ring (bicyclic) bond motifs is 1. The van der Waals surface area contributed by atoms with Crippen molar-refractivity contribution in [3.8, 4) is 0 Å². The van der Waals surface area contributed by atoms with Crippen LogP contribution >= 0.6 is 0 Å². The zero-order valence-electron chi connectivity index (χ0n) is 16.5. The molecule has 5 rings (SSSR count). The maximum absolute atomic E-state index is 13.8.